The molecule has 0 spiro atoms. The highest BCUT2D eigenvalue weighted by atomic mass is 19.1. The highest BCUT2D eigenvalue weighted by molar-refractivity contribution is 6.04. The molecule has 8 rings (SSSR count). The fourth-order valence-corrected chi connectivity index (χ4v) is 8.79. The molecule has 9 nitrogen and oxygen atoms in total. The predicted octanol–water partition coefficient (Wildman–Crippen LogP) is 7.48. The van der Waals surface area contributed by atoms with Crippen molar-refractivity contribution in [2.45, 2.75) is 82.3 Å². The predicted molar refractivity (Wildman–Crippen MR) is 190 cm³/mol. The summed E-state index contributed by atoms with van der Waals surface area (Å²) in [7, 11) is 0. The van der Waals surface area contributed by atoms with Gasteiger partial charge in [0.2, 0.25) is 0 Å². The van der Waals surface area contributed by atoms with Crippen LogP contribution in [0.2, 0.25) is 0 Å². The Morgan fingerprint density at radius 3 is 2.60 bits per heavy atom. The number of ether oxygens (including phenoxy) is 2. The fourth-order valence-electron chi connectivity index (χ4n) is 8.79. The molecular weight excluding hydrogens is 640 g/mol. The van der Waals surface area contributed by atoms with E-state index in [0.717, 1.165) is 43.0 Å². The second kappa shape index (κ2) is 12.1. The molecule has 2 bridgehead atoms. The Kier molecular flexibility index (Phi) is 7.89. The zero-order valence-electron chi connectivity index (χ0n) is 28.8. The van der Waals surface area contributed by atoms with Gasteiger partial charge in [-0.15, -0.1) is 0 Å². The summed E-state index contributed by atoms with van der Waals surface area (Å²) in [5.74, 6) is -0.0555. The SMILES string of the molecule is C=Cc1cc2c(N3C[C@H]4CC[C@@H](C3)N4C(=O)OC(C)(C)C)nc(OC[C@@]34CCCN3C[C@H](F)C4)nc2c(F)c1-c1cc(O)cc2ccccc12. The van der Waals surface area contributed by atoms with Crippen LogP contribution in [0.5, 0.6) is 11.8 Å². The van der Waals surface area contributed by atoms with Gasteiger partial charge in [-0.1, -0.05) is 36.9 Å². The number of piperazine rings is 1. The number of hydrogen-bond acceptors (Lipinski definition) is 8. The topological polar surface area (TPSA) is 91.3 Å². The van der Waals surface area contributed by atoms with Crippen molar-refractivity contribution in [1.29, 1.82) is 0 Å². The Labute approximate surface area is 290 Å². The molecule has 0 aliphatic carbocycles. The number of alkyl halides is 1. The van der Waals surface area contributed by atoms with Gasteiger partial charge >= 0.3 is 12.1 Å². The molecule has 1 aromatic heterocycles. The number of phenolic OH excluding ortho intramolecular Hbond substituents is 1. The quantitative estimate of drug-likeness (QED) is 0.224. The molecule has 0 saturated carbocycles. The molecule has 4 aliphatic rings. The summed E-state index contributed by atoms with van der Waals surface area (Å²) in [6, 6.07) is 12.4. The van der Waals surface area contributed by atoms with E-state index in [1.165, 1.54) is 0 Å². The van der Waals surface area contributed by atoms with E-state index in [9.17, 15) is 14.3 Å². The van der Waals surface area contributed by atoms with Crippen molar-refractivity contribution < 1.29 is 28.2 Å². The second-order valence-corrected chi connectivity index (χ2v) is 15.3. The first-order valence-corrected chi connectivity index (χ1v) is 17.6. The molecule has 4 aromatic rings. The van der Waals surface area contributed by atoms with Crippen molar-refractivity contribution in [3.8, 4) is 22.9 Å². The number of rotatable bonds is 6. The number of amides is 1. The Hall–Kier alpha value is -4.51. The maximum absolute atomic E-state index is 17.3. The van der Waals surface area contributed by atoms with Crippen LogP contribution >= 0.6 is 0 Å². The van der Waals surface area contributed by atoms with Gasteiger partial charge in [-0.3, -0.25) is 9.80 Å². The maximum Gasteiger partial charge on any atom is 0.410 e. The van der Waals surface area contributed by atoms with E-state index in [0.29, 0.717) is 48.4 Å². The van der Waals surface area contributed by atoms with Gasteiger partial charge < -0.3 is 19.5 Å². The lowest BCUT2D eigenvalue weighted by Crippen LogP contribution is -2.57. The average molecular weight is 684 g/mol. The summed E-state index contributed by atoms with van der Waals surface area (Å²) >= 11 is 0. The zero-order valence-corrected chi connectivity index (χ0v) is 28.8. The number of phenols is 1. The smallest absolute Gasteiger partial charge is 0.410 e. The Morgan fingerprint density at radius 1 is 1.10 bits per heavy atom. The third-order valence-corrected chi connectivity index (χ3v) is 10.9. The molecule has 5 heterocycles. The maximum atomic E-state index is 17.3. The molecule has 262 valence electrons. The molecule has 50 heavy (non-hydrogen) atoms. The van der Waals surface area contributed by atoms with Crippen molar-refractivity contribution >= 4 is 39.7 Å². The highest BCUT2D eigenvalue weighted by Gasteiger charge is 2.50. The summed E-state index contributed by atoms with van der Waals surface area (Å²) < 4.78 is 44.0. The van der Waals surface area contributed by atoms with E-state index in [1.54, 1.807) is 18.2 Å². The normalized spacial score (nSPS) is 25.0. The van der Waals surface area contributed by atoms with Gasteiger partial charge in [0.1, 0.15) is 35.5 Å². The van der Waals surface area contributed by atoms with Gasteiger partial charge in [-0.05, 0) is 93.1 Å². The number of carbonyl (C=O) groups excluding carboxylic acids is 1. The van der Waals surface area contributed by atoms with Gasteiger partial charge in [0, 0.05) is 37.0 Å². The number of halogens is 2. The second-order valence-electron chi connectivity index (χ2n) is 15.3. The Bertz CT molecular complexity index is 2000. The lowest BCUT2D eigenvalue weighted by atomic mass is 9.92. The third kappa shape index (κ3) is 5.59. The van der Waals surface area contributed by atoms with Gasteiger partial charge in [0.05, 0.1) is 17.6 Å². The summed E-state index contributed by atoms with van der Waals surface area (Å²) in [5.41, 5.74) is 0.335. The van der Waals surface area contributed by atoms with Crippen LogP contribution in [0, 0.1) is 5.82 Å². The molecule has 3 aromatic carbocycles. The first-order chi connectivity index (χ1) is 23.9. The number of aromatic hydroxyl groups is 1. The molecule has 1 N–H and O–H groups in total. The number of aromatic nitrogens is 2. The number of carbonyl (C=O) groups is 1. The van der Waals surface area contributed by atoms with E-state index >= 15 is 4.39 Å². The minimum absolute atomic E-state index is 0.0158. The van der Waals surface area contributed by atoms with Crippen LogP contribution in [0.4, 0.5) is 19.4 Å². The van der Waals surface area contributed by atoms with Crippen LogP contribution < -0.4 is 9.64 Å². The molecule has 4 atom stereocenters. The van der Waals surface area contributed by atoms with Crippen LogP contribution in [-0.2, 0) is 4.74 Å². The molecule has 0 unspecified atom stereocenters. The Morgan fingerprint density at radius 2 is 1.86 bits per heavy atom. The minimum Gasteiger partial charge on any atom is -0.508 e. The van der Waals surface area contributed by atoms with E-state index in [1.807, 2.05) is 56.0 Å². The number of fused-ring (bicyclic) bond motifs is 5. The summed E-state index contributed by atoms with van der Waals surface area (Å²) in [6.45, 7) is 12.0. The van der Waals surface area contributed by atoms with Gasteiger partial charge in [0.15, 0.2) is 5.82 Å². The third-order valence-electron chi connectivity index (χ3n) is 10.9. The van der Waals surface area contributed by atoms with Gasteiger partial charge in [0.25, 0.3) is 0 Å². The first-order valence-electron chi connectivity index (χ1n) is 17.6. The molecule has 1 amide bonds. The van der Waals surface area contributed by atoms with E-state index < -0.39 is 23.1 Å². The van der Waals surface area contributed by atoms with Crippen molar-refractivity contribution in [2.24, 2.45) is 0 Å². The fraction of sp³-hybridized carbons (Fsp3) is 0.462. The minimum atomic E-state index is -0.918. The number of hydrogen-bond donors (Lipinski definition) is 1. The van der Waals surface area contributed by atoms with E-state index in [-0.39, 0.29) is 47.6 Å². The molecule has 0 radical (unpaired) electrons. The van der Waals surface area contributed by atoms with E-state index in [2.05, 4.69) is 16.4 Å². The first kappa shape index (κ1) is 32.7. The molecule has 4 fully saturated rings. The van der Waals surface area contributed by atoms with Gasteiger partial charge in [-0.25, -0.2) is 13.6 Å². The van der Waals surface area contributed by atoms with Crippen LogP contribution in [0.3, 0.4) is 0 Å². The number of nitrogens with zero attached hydrogens (tertiary/aromatic N) is 5. The number of benzene rings is 3. The van der Waals surface area contributed by atoms with Gasteiger partial charge in [-0.2, -0.15) is 9.97 Å². The van der Waals surface area contributed by atoms with E-state index in [4.69, 9.17) is 19.4 Å². The molecule has 11 heteroatoms. The molecule has 4 saturated heterocycles. The molecule has 4 aliphatic heterocycles. The average Bonchev–Trinajstić information content (AvgIpc) is 3.69. The summed E-state index contributed by atoms with van der Waals surface area (Å²) in [4.78, 5) is 29.0. The van der Waals surface area contributed by atoms with Crippen molar-refractivity contribution in [3.63, 3.8) is 0 Å². The van der Waals surface area contributed by atoms with Crippen molar-refractivity contribution in [1.82, 2.24) is 19.8 Å². The largest absolute Gasteiger partial charge is 0.508 e. The summed E-state index contributed by atoms with van der Waals surface area (Å²) in [5, 5.41) is 12.7. The number of anilines is 1. The van der Waals surface area contributed by atoms with Crippen LogP contribution in [0.25, 0.3) is 38.9 Å². The standard InChI is InChI=1S/C39H43F2N5O4/c1-5-23-16-31-34(33(41)32(23)30-17-28(47)15-24-9-6-7-10-29(24)30)42-36(49-22-39-13-8-14-45(39)19-25(40)18-39)43-35(31)44-20-26-11-12-27(21-44)46(26)37(48)50-38(2,3)4/h5-7,9-10,15-17,25-27,47H,1,8,11-14,18-22H2,2-4H3/t25-,26-,27+,39+/m1/s1. The van der Waals surface area contributed by atoms with Crippen molar-refractivity contribution in [3.05, 3.63) is 60.4 Å². The zero-order chi connectivity index (χ0) is 34.9. The highest BCUT2D eigenvalue weighted by Crippen LogP contribution is 2.44. The summed E-state index contributed by atoms with van der Waals surface area (Å²) in [6.07, 6.45) is 4.16. The Balaban J connectivity index is 1.24. The molecular formula is C39H43F2N5O4. The monoisotopic (exact) mass is 683 g/mol. The van der Waals surface area contributed by atoms with Crippen LogP contribution in [0.1, 0.15) is 58.4 Å². The van der Waals surface area contributed by atoms with Crippen LogP contribution in [-0.4, -0.2) is 93.1 Å². The lowest BCUT2D eigenvalue weighted by Gasteiger charge is -2.42. The van der Waals surface area contributed by atoms with Crippen molar-refractivity contribution in [2.75, 3.05) is 37.7 Å². The van der Waals surface area contributed by atoms with Crippen LogP contribution in [0.15, 0.2) is 49.0 Å². The lowest BCUT2D eigenvalue weighted by molar-refractivity contribution is 0.0122.